The van der Waals surface area contributed by atoms with Crippen molar-refractivity contribution >= 4 is 37.7 Å². The van der Waals surface area contributed by atoms with E-state index in [1.807, 2.05) is 13.2 Å². The molecule has 1 fully saturated rings. The quantitative estimate of drug-likeness (QED) is 0.434. The number of thioether (sulfide) groups is 1. The van der Waals surface area contributed by atoms with Crippen LogP contribution in [0.25, 0.3) is 10.8 Å². The van der Waals surface area contributed by atoms with E-state index in [0.717, 1.165) is 38.3 Å². The minimum absolute atomic E-state index is 0.235. The first kappa shape index (κ1) is 21.9. The molecule has 4 rings (SSSR count). The Bertz CT molecular complexity index is 1180. The zero-order chi connectivity index (χ0) is 21.8. The second-order valence-corrected chi connectivity index (χ2v) is 10.1. The average molecular weight is 454 g/mol. The predicted octanol–water partition coefficient (Wildman–Crippen LogP) is 4.37. The topological polar surface area (TPSA) is 53.0 Å². The van der Waals surface area contributed by atoms with E-state index >= 15 is 0 Å². The largest absolute Gasteiger partial charge is 0.348 e. The van der Waals surface area contributed by atoms with Crippen molar-refractivity contribution in [3.8, 4) is 0 Å². The van der Waals surface area contributed by atoms with Crippen LogP contribution in [0.5, 0.6) is 0 Å². The van der Waals surface area contributed by atoms with Crippen molar-refractivity contribution in [3.63, 3.8) is 0 Å². The molecule has 1 saturated heterocycles. The van der Waals surface area contributed by atoms with Crippen molar-refractivity contribution in [2.75, 3.05) is 32.4 Å². The molecule has 0 bridgehead atoms. The molecule has 1 aliphatic heterocycles. The third kappa shape index (κ3) is 5.11. The van der Waals surface area contributed by atoms with Gasteiger partial charge in [0.2, 0.25) is 0 Å². The highest BCUT2D eigenvalue weighted by Crippen LogP contribution is 2.22. The summed E-state index contributed by atoms with van der Waals surface area (Å²) in [5.74, 6) is 0. The summed E-state index contributed by atoms with van der Waals surface area (Å²) in [4.78, 5) is 4.74. The molecule has 3 aromatic carbocycles. The molecule has 1 aliphatic rings. The van der Waals surface area contributed by atoms with Gasteiger partial charge in [-0.2, -0.15) is 8.42 Å². The van der Waals surface area contributed by atoms with E-state index in [-0.39, 0.29) is 4.90 Å². The van der Waals surface area contributed by atoms with Gasteiger partial charge in [0.1, 0.15) is 0 Å². The summed E-state index contributed by atoms with van der Waals surface area (Å²) in [5.41, 5.74) is 2.35. The molecule has 0 saturated carbocycles. The molecule has 7 heteroatoms. The molecular weight excluding hydrogens is 426 g/mol. The number of aryl methyl sites for hydroxylation is 1. The third-order valence-electron chi connectivity index (χ3n) is 5.62. The molecule has 31 heavy (non-hydrogen) atoms. The van der Waals surface area contributed by atoms with Gasteiger partial charge in [-0.25, -0.2) is 0 Å². The maximum absolute atomic E-state index is 12.7. The Morgan fingerprint density at radius 1 is 0.935 bits per heavy atom. The monoisotopic (exact) mass is 453 g/mol. The highest BCUT2D eigenvalue weighted by molar-refractivity contribution is 8.13. The van der Waals surface area contributed by atoms with Gasteiger partial charge in [-0.1, -0.05) is 71.9 Å². The van der Waals surface area contributed by atoms with Crippen molar-refractivity contribution in [2.45, 2.75) is 18.4 Å². The number of benzene rings is 3. The van der Waals surface area contributed by atoms with Gasteiger partial charge in [0.05, 0.1) is 4.90 Å². The van der Waals surface area contributed by atoms with Crippen molar-refractivity contribution in [3.05, 3.63) is 77.9 Å². The third-order valence-corrected chi connectivity index (χ3v) is 7.73. The molecule has 0 aliphatic carbocycles. The van der Waals surface area contributed by atoms with Gasteiger partial charge < -0.3 is 4.90 Å². The Morgan fingerprint density at radius 2 is 1.61 bits per heavy atom. The average Bonchev–Trinajstić information content (AvgIpc) is 2.79. The molecular formula is C24H27N3O2S2. The van der Waals surface area contributed by atoms with Crippen molar-refractivity contribution in [1.82, 2.24) is 9.80 Å². The maximum atomic E-state index is 12.7. The summed E-state index contributed by atoms with van der Waals surface area (Å²) in [6, 6.07) is 21.8. The van der Waals surface area contributed by atoms with Crippen LogP contribution in [0.15, 0.2) is 76.0 Å². The van der Waals surface area contributed by atoms with Gasteiger partial charge in [0.25, 0.3) is 10.0 Å². The van der Waals surface area contributed by atoms with Crippen LogP contribution in [0.4, 0.5) is 0 Å². The summed E-state index contributed by atoms with van der Waals surface area (Å²) < 4.78 is 29.7. The molecule has 3 aromatic rings. The number of amidine groups is 1. The van der Waals surface area contributed by atoms with Gasteiger partial charge in [0, 0.05) is 32.7 Å². The second kappa shape index (κ2) is 9.42. The molecule has 0 N–H and O–H groups in total. The second-order valence-electron chi connectivity index (χ2n) is 7.77. The lowest BCUT2D eigenvalue weighted by molar-refractivity contribution is 0.178. The summed E-state index contributed by atoms with van der Waals surface area (Å²) in [7, 11) is -3.71. The molecule has 0 spiro atoms. The number of fused-ring (bicyclic) bond motifs is 1. The summed E-state index contributed by atoms with van der Waals surface area (Å²) in [6.07, 6.45) is 1.88. The Labute approximate surface area is 188 Å². The van der Waals surface area contributed by atoms with E-state index in [4.69, 9.17) is 0 Å². The normalized spacial score (nSPS) is 16.1. The lowest BCUT2D eigenvalue weighted by Gasteiger charge is -2.36. The van der Waals surface area contributed by atoms with Crippen LogP contribution in [0.3, 0.4) is 0 Å². The number of nitrogens with zero attached hydrogens (tertiary/aromatic N) is 3. The summed E-state index contributed by atoms with van der Waals surface area (Å²) >= 11 is 1.39. The zero-order valence-electron chi connectivity index (χ0n) is 17.9. The van der Waals surface area contributed by atoms with Crippen LogP contribution in [0, 0.1) is 6.92 Å². The van der Waals surface area contributed by atoms with Crippen LogP contribution in [0.1, 0.15) is 11.1 Å². The molecule has 0 radical (unpaired) electrons. The van der Waals surface area contributed by atoms with Crippen LogP contribution in [-0.4, -0.2) is 55.8 Å². The number of sulfonamides is 1. The van der Waals surface area contributed by atoms with Gasteiger partial charge in [0.15, 0.2) is 5.17 Å². The molecule has 0 aromatic heterocycles. The Morgan fingerprint density at radius 3 is 2.32 bits per heavy atom. The van der Waals surface area contributed by atoms with E-state index < -0.39 is 10.0 Å². The first-order valence-corrected chi connectivity index (χ1v) is 13.0. The first-order chi connectivity index (χ1) is 15.0. The Balaban J connectivity index is 1.44. The van der Waals surface area contributed by atoms with Crippen molar-refractivity contribution < 1.29 is 8.42 Å². The molecule has 0 amide bonds. The molecule has 0 unspecified atom stereocenters. The van der Waals surface area contributed by atoms with E-state index in [1.54, 1.807) is 24.3 Å². The standard InChI is InChI=1S/C24H27N3O2S2/c1-19-10-12-22(13-11-19)31(28,29)25-24(30-2)27-16-14-26(15-17-27)18-21-8-5-7-20-6-3-4-9-23(20)21/h3-13H,14-18H2,1-2H3/b25-24+. The molecule has 1 heterocycles. The molecule has 162 valence electrons. The first-order valence-electron chi connectivity index (χ1n) is 10.4. The fourth-order valence-corrected chi connectivity index (χ4v) is 5.80. The van der Waals surface area contributed by atoms with E-state index in [1.165, 1.54) is 28.1 Å². The van der Waals surface area contributed by atoms with Crippen LogP contribution in [0.2, 0.25) is 0 Å². The highest BCUT2D eigenvalue weighted by Gasteiger charge is 2.23. The maximum Gasteiger partial charge on any atom is 0.284 e. The van der Waals surface area contributed by atoms with Gasteiger partial charge in [-0.3, -0.25) is 4.90 Å². The fourth-order valence-electron chi connectivity index (χ4n) is 3.86. The van der Waals surface area contributed by atoms with Gasteiger partial charge in [-0.15, -0.1) is 4.40 Å². The van der Waals surface area contributed by atoms with Crippen LogP contribution >= 0.6 is 11.8 Å². The highest BCUT2D eigenvalue weighted by atomic mass is 32.2. The smallest absolute Gasteiger partial charge is 0.284 e. The summed E-state index contributed by atoms with van der Waals surface area (Å²) in [6.45, 7) is 6.08. The van der Waals surface area contributed by atoms with E-state index in [2.05, 4.69) is 56.7 Å². The van der Waals surface area contributed by atoms with Gasteiger partial charge in [-0.05, 0) is 41.6 Å². The van der Waals surface area contributed by atoms with Crippen molar-refractivity contribution in [1.29, 1.82) is 0 Å². The zero-order valence-corrected chi connectivity index (χ0v) is 19.5. The number of hydrogen-bond donors (Lipinski definition) is 0. The SMILES string of the molecule is CS/C(=N/S(=O)(=O)c1ccc(C)cc1)N1CCN(Cc2cccc3ccccc23)CC1. The van der Waals surface area contributed by atoms with Crippen LogP contribution in [-0.2, 0) is 16.6 Å². The van der Waals surface area contributed by atoms with Gasteiger partial charge >= 0.3 is 0 Å². The Kier molecular flexibility index (Phi) is 6.65. The Hall–Kier alpha value is -2.35. The molecule has 0 atom stereocenters. The van der Waals surface area contributed by atoms with E-state index in [0.29, 0.717) is 5.17 Å². The lowest BCUT2D eigenvalue weighted by Crippen LogP contribution is -2.47. The lowest BCUT2D eigenvalue weighted by atomic mass is 10.0. The minimum atomic E-state index is -3.71. The number of rotatable bonds is 4. The van der Waals surface area contributed by atoms with E-state index in [9.17, 15) is 8.42 Å². The number of hydrogen-bond acceptors (Lipinski definition) is 4. The number of piperazine rings is 1. The van der Waals surface area contributed by atoms with Crippen molar-refractivity contribution in [2.24, 2.45) is 4.40 Å². The molecule has 5 nitrogen and oxygen atoms in total. The van der Waals surface area contributed by atoms with Crippen LogP contribution < -0.4 is 0 Å². The minimum Gasteiger partial charge on any atom is -0.348 e. The predicted molar refractivity (Wildman–Crippen MR) is 130 cm³/mol. The fraction of sp³-hybridized carbons (Fsp3) is 0.292. The summed E-state index contributed by atoms with van der Waals surface area (Å²) in [5, 5.41) is 3.12.